The first-order valence-corrected chi connectivity index (χ1v) is 5.65. The number of ether oxygens (including phenoxy) is 3. The first-order chi connectivity index (χ1) is 8.74. The molecule has 2 aliphatic rings. The van der Waals surface area contributed by atoms with Gasteiger partial charge in [0, 0.05) is 11.1 Å². The Balaban J connectivity index is 2.18. The summed E-state index contributed by atoms with van der Waals surface area (Å²) in [4.78, 5) is 11.3. The van der Waals surface area contributed by atoms with Gasteiger partial charge in [-0.05, 0) is 12.1 Å². The van der Waals surface area contributed by atoms with Gasteiger partial charge in [0.25, 0.3) is 0 Å². The number of carbonyl (C=O) groups is 1. The molecular formula is C13H13NO4. The van der Waals surface area contributed by atoms with Crippen molar-refractivity contribution in [1.82, 2.24) is 5.32 Å². The minimum absolute atomic E-state index is 0.147. The summed E-state index contributed by atoms with van der Waals surface area (Å²) in [6, 6.07) is 3.51. The van der Waals surface area contributed by atoms with E-state index in [-0.39, 0.29) is 12.1 Å². The smallest absolute Gasteiger partial charge is 0.408 e. The molecule has 0 unspecified atom stereocenters. The van der Waals surface area contributed by atoms with Gasteiger partial charge in [-0.25, -0.2) is 4.79 Å². The first kappa shape index (κ1) is 11.0. The fraction of sp³-hybridized carbons (Fsp3) is 0.308. The van der Waals surface area contributed by atoms with Gasteiger partial charge in [-0.1, -0.05) is 12.2 Å². The van der Waals surface area contributed by atoms with Gasteiger partial charge >= 0.3 is 6.09 Å². The highest BCUT2D eigenvalue weighted by atomic mass is 16.6. The van der Waals surface area contributed by atoms with E-state index < -0.39 is 6.09 Å². The molecular weight excluding hydrogens is 234 g/mol. The average molecular weight is 247 g/mol. The highest BCUT2D eigenvalue weighted by Crippen LogP contribution is 2.43. The van der Waals surface area contributed by atoms with Crippen molar-refractivity contribution in [3.05, 3.63) is 29.3 Å². The number of alkyl carbamates (subject to hydrolysis) is 1. The third-order valence-corrected chi connectivity index (χ3v) is 3.25. The molecule has 1 aromatic carbocycles. The molecule has 1 aliphatic heterocycles. The number of methoxy groups -OCH3 is 2. The van der Waals surface area contributed by atoms with Crippen LogP contribution in [0.4, 0.5) is 4.79 Å². The van der Waals surface area contributed by atoms with Crippen molar-refractivity contribution in [2.24, 2.45) is 0 Å². The standard InChI is InChI=1S/C13H13NO4/c1-16-9-5-6-10(17-2)11-7(9)3-4-8-12(11)18-13(15)14-8/h3-6,8,12H,1-2H3,(H,14,15)/t8-,12+/m1/s1. The SMILES string of the molecule is COc1ccc(OC)c2c1C=C[C@H]1NC(=O)O[C@H]21. The molecule has 2 atom stereocenters. The largest absolute Gasteiger partial charge is 0.496 e. The lowest BCUT2D eigenvalue weighted by Crippen LogP contribution is -2.27. The van der Waals surface area contributed by atoms with Gasteiger partial charge in [0.2, 0.25) is 0 Å². The summed E-state index contributed by atoms with van der Waals surface area (Å²) in [6.45, 7) is 0. The number of benzene rings is 1. The van der Waals surface area contributed by atoms with E-state index in [1.807, 2.05) is 24.3 Å². The van der Waals surface area contributed by atoms with E-state index in [4.69, 9.17) is 14.2 Å². The summed E-state index contributed by atoms with van der Waals surface area (Å²) in [6.07, 6.45) is 3.06. The lowest BCUT2D eigenvalue weighted by Gasteiger charge is -2.24. The van der Waals surface area contributed by atoms with Crippen LogP contribution in [0.3, 0.4) is 0 Å². The van der Waals surface area contributed by atoms with Crippen molar-refractivity contribution in [1.29, 1.82) is 0 Å². The molecule has 5 heteroatoms. The molecule has 1 aromatic rings. The van der Waals surface area contributed by atoms with Gasteiger partial charge in [0.15, 0.2) is 6.10 Å². The second-order valence-corrected chi connectivity index (χ2v) is 4.15. The van der Waals surface area contributed by atoms with E-state index in [1.165, 1.54) is 0 Å². The van der Waals surface area contributed by atoms with E-state index in [2.05, 4.69) is 5.32 Å². The third-order valence-electron chi connectivity index (χ3n) is 3.25. The van der Waals surface area contributed by atoms with Crippen molar-refractivity contribution in [3.8, 4) is 11.5 Å². The van der Waals surface area contributed by atoms with Crippen LogP contribution in [0.2, 0.25) is 0 Å². The van der Waals surface area contributed by atoms with E-state index >= 15 is 0 Å². The summed E-state index contributed by atoms with van der Waals surface area (Å²) in [5, 5.41) is 2.74. The lowest BCUT2D eigenvalue weighted by atomic mass is 9.90. The summed E-state index contributed by atoms with van der Waals surface area (Å²) in [5.74, 6) is 1.44. The van der Waals surface area contributed by atoms with Crippen molar-refractivity contribution in [2.75, 3.05) is 14.2 Å². The van der Waals surface area contributed by atoms with Gasteiger partial charge < -0.3 is 19.5 Å². The molecule has 0 spiro atoms. The Labute approximate surface area is 104 Å². The van der Waals surface area contributed by atoms with Crippen LogP contribution in [0, 0.1) is 0 Å². The van der Waals surface area contributed by atoms with E-state index in [1.54, 1.807) is 14.2 Å². The minimum atomic E-state index is -0.410. The van der Waals surface area contributed by atoms with Crippen molar-refractivity contribution >= 4 is 12.2 Å². The number of hydrogen-bond acceptors (Lipinski definition) is 4. The van der Waals surface area contributed by atoms with Crippen LogP contribution in [-0.2, 0) is 4.74 Å². The predicted octanol–water partition coefficient (Wildman–Crippen LogP) is 1.88. The Morgan fingerprint density at radius 2 is 1.94 bits per heavy atom. The van der Waals surface area contributed by atoms with Crippen molar-refractivity contribution in [3.63, 3.8) is 0 Å². The zero-order chi connectivity index (χ0) is 12.7. The number of nitrogens with one attached hydrogen (secondary N) is 1. The third kappa shape index (κ3) is 1.44. The van der Waals surface area contributed by atoms with Crippen LogP contribution in [0.15, 0.2) is 18.2 Å². The Kier molecular flexibility index (Phi) is 2.40. The number of carbonyl (C=O) groups excluding carboxylic acids is 1. The fourth-order valence-electron chi connectivity index (χ4n) is 2.44. The summed E-state index contributed by atoms with van der Waals surface area (Å²) in [7, 11) is 3.21. The van der Waals surface area contributed by atoms with Gasteiger partial charge in [-0.2, -0.15) is 0 Å². The van der Waals surface area contributed by atoms with Crippen LogP contribution >= 0.6 is 0 Å². The molecule has 1 aliphatic carbocycles. The van der Waals surface area contributed by atoms with Gasteiger partial charge in [-0.3, -0.25) is 0 Å². The molecule has 0 aromatic heterocycles. The molecule has 1 N–H and O–H groups in total. The highest BCUT2D eigenvalue weighted by Gasteiger charge is 2.39. The topological polar surface area (TPSA) is 56.8 Å². The molecule has 0 bridgehead atoms. The quantitative estimate of drug-likeness (QED) is 0.867. The second-order valence-electron chi connectivity index (χ2n) is 4.15. The Hall–Kier alpha value is -2.17. The molecule has 0 radical (unpaired) electrons. The molecule has 18 heavy (non-hydrogen) atoms. The molecule has 1 amide bonds. The highest BCUT2D eigenvalue weighted by molar-refractivity contribution is 5.76. The normalized spacial score (nSPS) is 23.8. The second kappa shape index (κ2) is 3.94. The van der Waals surface area contributed by atoms with Crippen LogP contribution < -0.4 is 14.8 Å². The predicted molar refractivity (Wildman–Crippen MR) is 64.7 cm³/mol. The Bertz CT molecular complexity index is 538. The average Bonchev–Trinajstić information content (AvgIpc) is 2.77. The Morgan fingerprint density at radius 1 is 1.22 bits per heavy atom. The number of hydrogen-bond donors (Lipinski definition) is 1. The zero-order valence-electron chi connectivity index (χ0n) is 10.1. The summed E-state index contributed by atoms with van der Waals surface area (Å²) >= 11 is 0. The molecule has 1 heterocycles. The van der Waals surface area contributed by atoms with Crippen LogP contribution in [0.1, 0.15) is 17.2 Å². The molecule has 5 nitrogen and oxygen atoms in total. The number of fused-ring (bicyclic) bond motifs is 3. The zero-order valence-corrected chi connectivity index (χ0v) is 10.1. The monoisotopic (exact) mass is 247 g/mol. The van der Waals surface area contributed by atoms with Gasteiger partial charge in [-0.15, -0.1) is 0 Å². The molecule has 1 saturated heterocycles. The maximum Gasteiger partial charge on any atom is 0.408 e. The van der Waals surface area contributed by atoms with E-state index in [0.717, 1.165) is 16.9 Å². The first-order valence-electron chi connectivity index (χ1n) is 5.65. The van der Waals surface area contributed by atoms with Gasteiger partial charge in [0.05, 0.1) is 20.3 Å². The summed E-state index contributed by atoms with van der Waals surface area (Å²) in [5.41, 5.74) is 1.75. The molecule has 0 saturated carbocycles. The fourth-order valence-corrected chi connectivity index (χ4v) is 2.44. The van der Waals surface area contributed by atoms with Crippen LogP contribution in [-0.4, -0.2) is 26.4 Å². The van der Waals surface area contributed by atoms with Crippen molar-refractivity contribution in [2.45, 2.75) is 12.1 Å². The maximum absolute atomic E-state index is 11.3. The molecule has 3 rings (SSSR count). The van der Waals surface area contributed by atoms with Crippen LogP contribution in [0.5, 0.6) is 11.5 Å². The van der Waals surface area contributed by atoms with Crippen LogP contribution in [0.25, 0.3) is 6.08 Å². The van der Waals surface area contributed by atoms with Crippen molar-refractivity contribution < 1.29 is 19.0 Å². The summed E-state index contributed by atoms with van der Waals surface area (Å²) < 4.78 is 16.0. The minimum Gasteiger partial charge on any atom is -0.496 e. The van der Waals surface area contributed by atoms with E-state index in [9.17, 15) is 4.79 Å². The lowest BCUT2D eigenvalue weighted by molar-refractivity contribution is 0.134. The Morgan fingerprint density at radius 3 is 2.67 bits per heavy atom. The number of amides is 1. The van der Waals surface area contributed by atoms with E-state index in [0.29, 0.717) is 5.75 Å². The van der Waals surface area contributed by atoms with Gasteiger partial charge in [0.1, 0.15) is 11.5 Å². The number of rotatable bonds is 2. The molecule has 94 valence electrons. The maximum atomic E-state index is 11.3. The molecule has 1 fully saturated rings.